The third-order valence-corrected chi connectivity index (χ3v) is 2.36. The molecule has 0 aliphatic carbocycles. The first-order valence-corrected chi connectivity index (χ1v) is 4.48. The lowest BCUT2D eigenvalue weighted by molar-refractivity contribution is 0.466. The topological polar surface area (TPSA) is 46.2 Å². The highest BCUT2D eigenvalue weighted by molar-refractivity contribution is 9.10. The van der Waals surface area contributed by atoms with Gasteiger partial charge in [-0.15, -0.1) is 0 Å². The minimum Gasteiger partial charge on any atom is -0.507 e. The van der Waals surface area contributed by atoms with Gasteiger partial charge in [-0.3, -0.25) is 0 Å². The molecule has 1 rings (SSSR count). The molecule has 0 aromatic heterocycles. The second-order valence-electron chi connectivity index (χ2n) is 3.39. The van der Waals surface area contributed by atoms with Gasteiger partial charge in [0.25, 0.3) is 0 Å². The van der Waals surface area contributed by atoms with Crippen LogP contribution < -0.4 is 5.73 Å². The predicted octanol–water partition coefficient (Wildman–Crippen LogP) is 2.35. The molecule has 0 atom stereocenters. The minimum absolute atomic E-state index is 0.228. The second-order valence-corrected chi connectivity index (χ2v) is 4.24. The zero-order valence-corrected chi connectivity index (χ0v) is 8.72. The van der Waals surface area contributed by atoms with Gasteiger partial charge in [0.05, 0.1) is 4.47 Å². The van der Waals surface area contributed by atoms with Gasteiger partial charge < -0.3 is 10.8 Å². The van der Waals surface area contributed by atoms with Crippen LogP contribution in [0.4, 0.5) is 0 Å². The first kappa shape index (κ1) is 9.55. The van der Waals surface area contributed by atoms with Crippen molar-refractivity contribution in [2.24, 2.45) is 5.73 Å². The lowest BCUT2D eigenvalue weighted by Gasteiger charge is -2.19. The molecule has 0 unspecified atom stereocenters. The van der Waals surface area contributed by atoms with Crippen LogP contribution in [0.3, 0.4) is 0 Å². The molecular weight excluding hydrogens is 218 g/mol. The Kier molecular flexibility index (Phi) is 2.44. The standard InChI is InChI=1S/C9H12BrNO/c1-9(2,11)6-3-4-7(10)8(12)5-6/h3-5,12H,11H2,1-2H3. The van der Waals surface area contributed by atoms with Gasteiger partial charge in [0.15, 0.2) is 0 Å². The maximum Gasteiger partial charge on any atom is 0.130 e. The Morgan fingerprint density at radius 3 is 2.42 bits per heavy atom. The van der Waals surface area contributed by atoms with Gasteiger partial charge in [-0.1, -0.05) is 6.07 Å². The van der Waals surface area contributed by atoms with E-state index in [2.05, 4.69) is 15.9 Å². The molecule has 3 N–H and O–H groups in total. The van der Waals surface area contributed by atoms with Crippen molar-refractivity contribution in [2.45, 2.75) is 19.4 Å². The lowest BCUT2D eigenvalue weighted by atomic mass is 9.96. The van der Waals surface area contributed by atoms with E-state index in [4.69, 9.17) is 5.73 Å². The molecule has 3 heteroatoms. The average molecular weight is 230 g/mol. The Bertz CT molecular complexity index is 291. The summed E-state index contributed by atoms with van der Waals surface area (Å²) < 4.78 is 0.690. The minimum atomic E-state index is -0.405. The first-order chi connectivity index (χ1) is 5.41. The molecule has 0 aliphatic heterocycles. The molecule has 0 saturated heterocycles. The Morgan fingerprint density at radius 2 is 2.00 bits per heavy atom. The maximum absolute atomic E-state index is 9.36. The van der Waals surface area contributed by atoms with Crippen molar-refractivity contribution >= 4 is 15.9 Å². The van der Waals surface area contributed by atoms with Gasteiger partial charge >= 0.3 is 0 Å². The Hall–Kier alpha value is -0.540. The zero-order valence-electron chi connectivity index (χ0n) is 7.13. The summed E-state index contributed by atoms with van der Waals surface area (Å²) in [5, 5.41) is 9.36. The van der Waals surface area contributed by atoms with Crippen LogP contribution >= 0.6 is 15.9 Å². The van der Waals surface area contributed by atoms with E-state index >= 15 is 0 Å². The van der Waals surface area contributed by atoms with E-state index in [0.29, 0.717) is 4.47 Å². The summed E-state index contributed by atoms with van der Waals surface area (Å²) in [6.45, 7) is 3.80. The monoisotopic (exact) mass is 229 g/mol. The summed E-state index contributed by atoms with van der Waals surface area (Å²) in [7, 11) is 0. The van der Waals surface area contributed by atoms with E-state index in [9.17, 15) is 5.11 Å². The molecule has 0 amide bonds. The summed E-state index contributed by atoms with van der Waals surface area (Å²) in [5.41, 5.74) is 6.36. The summed E-state index contributed by atoms with van der Waals surface area (Å²) in [6.07, 6.45) is 0. The number of halogens is 1. The number of nitrogens with two attached hydrogens (primary N) is 1. The van der Waals surface area contributed by atoms with E-state index in [1.165, 1.54) is 0 Å². The van der Waals surface area contributed by atoms with Crippen LogP contribution in [0, 0.1) is 0 Å². The summed E-state index contributed by atoms with van der Waals surface area (Å²) in [6, 6.07) is 5.35. The molecule has 1 aromatic carbocycles. The molecule has 0 saturated carbocycles. The van der Waals surface area contributed by atoms with Crippen LogP contribution in [0.25, 0.3) is 0 Å². The molecular formula is C9H12BrNO. The molecule has 0 heterocycles. The number of rotatable bonds is 1. The molecule has 66 valence electrons. The highest BCUT2D eigenvalue weighted by atomic mass is 79.9. The van der Waals surface area contributed by atoms with Crippen molar-refractivity contribution in [2.75, 3.05) is 0 Å². The van der Waals surface area contributed by atoms with Crippen LogP contribution in [-0.4, -0.2) is 5.11 Å². The van der Waals surface area contributed by atoms with Crippen LogP contribution in [0.2, 0.25) is 0 Å². The number of benzene rings is 1. The van der Waals surface area contributed by atoms with Gasteiger partial charge in [0.2, 0.25) is 0 Å². The molecule has 0 aliphatic rings. The van der Waals surface area contributed by atoms with Crippen LogP contribution in [0.1, 0.15) is 19.4 Å². The summed E-state index contributed by atoms with van der Waals surface area (Å²) in [5.74, 6) is 0.228. The molecule has 12 heavy (non-hydrogen) atoms. The molecule has 0 fully saturated rings. The van der Waals surface area contributed by atoms with Gasteiger partial charge in [0.1, 0.15) is 5.75 Å². The van der Waals surface area contributed by atoms with E-state index < -0.39 is 5.54 Å². The maximum atomic E-state index is 9.36. The fourth-order valence-electron chi connectivity index (χ4n) is 0.913. The van der Waals surface area contributed by atoms with Crippen LogP contribution in [0.15, 0.2) is 22.7 Å². The zero-order chi connectivity index (χ0) is 9.35. The van der Waals surface area contributed by atoms with E-state index in [1.54, 1.807) is 12.1 Å². The van der Waals surface area contributed by atoms with Crippen molar-refractivity contribution in [1.82, 2.24) is 0 Å². The summed E-state index contributed by atoms with van der Waals surface area (Å²) >= 11 is 3.21. The fourth-order valence-corrected chi connectivity index (χ4v) is 1.16. The van der Waals surface area contributed by atoms with Crippen molar-refractivity contribution in [3.05, 3.63) is 28.2 Å². The third kappa shape index (κ3) is 1.99. The van der Waals surface area contributed by atoms with Gasteiger partial charge in [-0.05, 0) is 47.5 Å². The van der Waals surface area contributed by atoms with Crippen molar-refractivity contribution in [1.29, 1.82) is 0 Å². The van der Waals surface area contributed by atoms with Crippen LogP contribution in [0.5, 0.6) is 5.75 Å². The van der Waals surface area contributed by atoms with Gasteiger partial charge in [-0.2, -0.15) is 0 Å². The third-order valence-electron chi connectivity index (χ3n) is 1.69. The SMILES string of the molecule is CC(C)(N)c1ccc(Br)c(O)c1. The number of hydrogen-bond donors (Lipinski definition) is 2. The van der Waals surface area contributed by atoms with Crippen molar-refractivity contribution < 1.29 is 5.11 Å². The smallest absolute Gasteiger partial charge is 0.130 e. The Labute approximate surface area is 80.5 Å². The van der Waals surface area contributed by atoms with E-state index in [-0.39, 0.29) is 5.75 Å². The van der Waals surface area contributed by atoms with Crippen molar-refractivity contribution in [3.8, 4) is 5.75 Å². The highest BCUT2D eigenvalue weighted by Gasteiger charge is 2.14. The Balaban J connectivity index is 3.14. The normalized spacial score (nSPS) is 11.7. The summed E-state index contributed by atoms with van der Waals surface area (Å²) in [4.78, 5) is 0. The lowest BCUT2D eigenvalue weighted by Crippen LogP contribution is -2.28. The molecule has 2 nitrogen and oxygen atoms in total. The second kappa shape index (κ2) is 3.07. The van der Waals surface area contributed by atoms with Crippen LogP contribution in [-0.2, 0) is 5.54 Å². The highest BCUT2D eigenvalue weighted by Crippen LogP contribution is 2.28. The average Bonchev–Trinajstić information content (AvgIpc) is 1.92. The van der Waals surface area contributed by atoms with Gasteiger partial charge in [-0.25, -0.2) is 0 Å². The van der Waals surface area contributed by atoms with Gasteiger partial charge in [0, 0.05) is 5.54 Å². The number of hydrogen-bond acceptors (Lipinski definition) is 2. The molecule has 0 bridgehead atoms. The molecule has 0 radical (unpaired) electrons. The van der Waals surface area contributed by atoms with Crippen molar-refractivity contribution in [3.63, 3.8) is 0 Å². The largest absolute Gasteiger partial charge is 0.507 e. The number of aromatic hydroxyl groups is 1. The first-order valence-electron chi connectivity index (χ1n) is 3.69. The van der Waals surface area contributed by atoms with E-state index in [0.717, 1.165) is 5.56 Å². The predicted molar refractivity (Wildman–Crippen MR) is 53.0 cm³/mol. The fraction of sp³-hybridized carbons (Fsp3) is 0.333. The Morgan fingerprint density at radius 1 is 1.42 bits per heavy atom. The quantitative estimate of drug-likeness (QED) is 0.777. The van der Waals surface area contributed by atoms with E-state index in [1.807, 2.05) is 19.9 Å². The number of phenolic OH excluding ortho intramolecular Hbond substituents is 1. The molecule has 1 aromatic rings. The number of phenols is 1. The molecule has 0 spiro atoms.